The molecule has 0 saturated heterocycles. The van der Waals surface area contributed by atoms with Crippen LogP contribution in [0.3, 0.4) is 0 Å². The summed E-state index contributed by atoms with van der Waals surface area (Å²) < 4.78 is 0.650. The van der Waals surface area contributed by atoms with Crippen LogP contribution in [0.4, 0.5) is 0 Å². The van der Waals surface area contributed by atoms with Crippen molar-refractivity contribution in [1.29, 1.82) is 0 Å². The fourth-order valence-corrected chi connectivity index (χ4v) is 3.15. The highest BCUT2D eigenvalue weighted by atomic mass is 79.9. The number of pyridine rings is 2. The van der Waals surface area contributed by atoms with E-state index in [-0.39, 0.29) is 5.43 Å². The summed E-state index contributed by atoms with van der Waals surface area (Å²) >= 11 is 3.48. The Morgan fingerprint density at radius 1 is 1.13 bits per heavy atom. The average Bonchev–Trinajstić information content (AvgIpc) is 2.57. The Balaban J connectivity index is 2.09. The predicted octanol–water partition coefficient (Wildman–Crippen LogP) is 4.94. The highest BCUT2D eigenvalue weighted by Gasteiger charge is 2.11. The van der Waals surface area contributed by atoms with E-state index in [4.69, 9.17) is 0 Å². The van der Waals surface area contributed by atoms with E-state index in [1.807, 2.05) is 30.3 Å². The zero-order valence-corrected chi connectivity index (χ0v) is 14.9. The molecule has 0 unspecified atom stereocenters. The number of H-pyrrole nitrogens is 1. The Kier molecular flexibility index (Phi) is 4.62. The second kappa shape index (κ2) is 6.67. The quantitative estimate of drug-likeness (QED) is 0.706. The molecule has 0 aliphatic rings. The molecule has 0 saturated carbocycles. The van der Waals surface area contributed by atoms with Crippen LogP contribution in [0.25, 0.3) is 22.0 Å². The maximum atomic E-state index is 12.7. The molecule has 3 rings (SSSR count). The van der Waals surface area contributed by atoms with Gasteiger partial charge in [0, 0.05) is 29.0 Å². The van der Waals surface area contributed by atoms with Crippen LogP contribution >= 0.6 is 15.9 Å². The van der Waals surface area contributed by atoms with Gasteiger partial charge >= 0.3 is 0 Å². The maximum Gasteiger partial charge on any atom is 0.203 e. The molecular formula is C19H19BrN2O. The van der Waals surface area contributed by atoms with Gasteiger partial charge < -0.3 is 4.98 Å². The Morgan fingerprint density at radius 3 is 2.57 bits per heavy atom. The van der Waals surface area contributed by atoms with E-state index in [1.165, 1.54) is 0 Å². The Labute approximate surface area is 143 Å². The first-order valence-corrected chi connectivity index (χ1v) is 8.60. The molecule has 2 heterocycles. The van der Waals surface area contributed by atoms with Crippen molar-refractivity contribution in [1.82, 2.24) is 9.97 Å². The third-order valence-electron chi connectivity index (χ3n) is 4.00. The van der Waals surface area contributed by atoms with Gasteiger partial charge in [-0.1, -0.05) is 19.9 Å². The van der Waals surface area contributed by atoms with Crippen LogP contribution in [0.1, 0.15) is 26.0 Å². The number of aromatic amines is 1. The molecule has 118 valence electrons. The average molecular weight is 371 g/mol. The van der Waals surface area contributed by atoms with Gasteiger partial charge in [0.15, 0.2) is 0 Å². The van der Waals surface area contributed by atoms with E-state index in [0.717, 1.165) is 35.2 Å². The number of fused-ring (bicyclic) bond motifs is 1. The summed E-state index contributed by atoms with van der Waals surface area (Å²) in [6, 6.07) is 9.86. The molecule has 0 atom stereocenters. The van der Waals surface area contributed by atoms with Gasteiger partial charge in [0.1, 0.15) is 0 Å². The molecular weight excluding hydrogens is 352 g/mol. The minimum Gasteiger partial charge on any atom is -0.357 e. The fraction of sp³-hybridized carbons (Fsp3) is 0.263. The van der Waals surface area contributed by atoms with Crippen LogP contribution in [-0.2, 0) is 6.42 Å². The van der Waals surface area contributed by atoms with Crippen molar-refractivity contribution in [2.45, 2.75) is 26.7 Å². The number of aryl methyl sites for hydroxylation is 1. The standard InChI is InChI=1S/C19H19BrN2O/c1-12(2)3-5-17-18(20)19(23)15-11-14(4-6-16(15)22-17)13-7-9-21-10-8-13/h4,6-12H,3,5H2,1-2H3,(H,22,23). The molecule has 1 aromatic carbocycles. The summed E-state index contributed by atoms with van der Waals surface area (Å²) in [5.41, 5.74) is 3.99. The van der Waals surface area contributed by atoms with Crippen LogP contribution in [0.15, 0.2) is 52.0 Å². The van der Waals surface area contributed by atoms with Crippen LogP contribution in [0, 0.1) is 5.92 Å². The molecule has 0 bridgehead atoms. The van der Waals surface area contributed by atoms with Crippen molar-refractivity contribution in [3.63, 3.8) is 0 Å². The van der Waals surface area contributed by atoms with Gasteiger partial charge in [0.05, 0.1) is 4.47 Å². The maximum absolute atomic E-state index is 12.7. The van der Waals surface area contributed by atoms with Gasteiger partial charge in [-0.2, -0.15) is 0 Å². The number of hydrogen-bond acceptors (Lipinski definition) is 2. The van der Waals surface area contributed by atoms with Gasteiger partial charge in [-0.3, -0.25) is 9.78 Å². The van der Waals surface area contributed by atoms with E-state index in [1.54, 1.807) is 12.4 Å². The highest BCUT2D eigenvalue weighted by Crippen LogP contribution is 2.24. The number of hydrogen-bond donors (Lipinski definition) is 1. The molecule has 0 radical (unpaired) electrons. The monoisotopic (exact) mass is 370 g/mol. The SMILES string of the molecule is CC(C)CCc1[nH]c2ccc(-c3ccncc3)cc2c(=O)c1Br. The Bertz CT molecular complexity index is 885. The largest absolute Gasteiger partial charge is 0.357 e. The Hall–Kier alpha value is -1.94. The number of rotatable bonds is 4. The summed E-state index contributed by atoms with van der Waals surface area (Å²) in [4.78, 5) is 20.1. The van der Waals surface area contributed by atoms with E-state index in [9.17, 15) is 4.79 Å². The van der Waals surface area contributed by atoms with Crippen LogP contribution in [0.5, 0.6) is 0 Å². The van der Waals surface area contributed by atoms with Gasteiger partial charge in [-0.25, -0.2) is 0 Å². The molecule has 4 heteroatoms. The minimum absolute atomic E-state index is 0.0495. The summed E-state index contributed by atoms with van der Waals surface area (Å²) in [6.45, 7) is 4.38. The zero-order chi connectivity index (χ0) is 16.4. The van der Waals surface area contributed by atoms with Gasteiger partial charge in [0.25, 0.3) is 0 Å². The fourth-order valence-electron chi connectivity index (χ4n) is 2.64. The molecule has 3 nitrogen and oxygen atoms in total. The van der Waals surface area contributed by atoms with Crippen molar-refractivity contribution in [2.24, 2.45) is 5.92 Å². The van der Waals surface area contributed by atoms with Crippen molar-refractivity contribution in [2.75, 3.05) is 0 Å². The second-order valence-electron chi connectivity index (χ2n) is 6.18. The minimum atomic E-state index is 0.0495. The summed E-state index contributed by atoms with van der Waals surface area (Å²) in [6.07, 6.45) is 5.44. The number of nitrogens with zero attached hydrogens (tertiary/aromatic N) is 1. The van der Waals surface area contributed by atoms with E-state index in [2.05, 4.69) is 39.7 Å². The Morgan fingerprint density at radius 2 is 1.87 bits per heavy atom. The highest BCUT2D eigenvalue weighted by molar-refractivity contribution is 9.10. The molecule has 0 aliphatic carbocycles. The first kappa shape index (κ1) is 15.9. The number of aromatic nitrogens is 2. The number of benzene rings is 1. The topological polar surface area (TPSA) is 45.8 Å². The molecule has 0 fully saturated rings. The molecule has 3 aromatic rings. The third-order valence-corrected chi connectivity index (χ3v) is 4.84. The van der Waals surface area contributed by atoms with Crippen molar-refractivity contribution in [3.05, 3.63) is 63.1 Å². The lowest BCUT2D eigenvalue weighted by atomic mass is 10.0. The van der Waals surface area contributed by atoms with E-state index < -0.39 is 0 Å². The normalized spacial score (nSPS) is 11.3. The molecule has 0 spiro atoms. The van der Waals surface area contributed by atoms with Crippen LogP contribution in [0.2, 0.25) is 0 Å². The lowest BCUT2D eigenvalue weighted by Gasteiger charge is -2.10. The lowest BCUT2D eigenvalue weighted by Crippen LogP contribution is -2.09. The number of nitrogens with one attached hydrogen (secondary N) is 1. The first-order valence-electron chi connectivity index (χ1n) is 7.81. The van der Waals surface area contributed by atoms with Crippen LogP contribution in [-0.4, -0.2) is 9.97 Å². The van der Waals surface area contributed by atoms with E-state index >= 15 is 0 Å². The van der Waals surface area contributed by atoms with Crippen molar-refractivity contribution in [3.8, 4) is 11.1 Å². The predicted molar refractivity (Wildman–Crippen MR) is 98.7 cm³/mol. The van der Waals surface area contributed by atoms with Crippen molar-refractivity contribution < 1.29 is 0 Å². The van der Waals surface area contributed by atoms with Gasteiger partial charge in [0.2, 0.25) is 5.43 Å². The van der Waals surface area contributed by atoms with Crippen molar-refractivity contribution >= 4 is 26.8 Å². The lowest BCUT2D eigenvalue weighted by molar-refractivity contribution is 0.581. The van der Waals surface area contributed by atoms with Crippen LogP contribution < -0.4 is 5.43 Å². The summed E-state index contributed by atoms with van der Waals surface area (Å²) in [5.74, 6) is 0.607. The smallest absolute Gasteiger partial charge is 0.203 e. The van der Waals surface area contributed by atoms with Gasteiger partial charge in [-0.05, 0) is 70.1 Å². The molecule has 0 aliphatic heterocycles. The third kappa shape index (κ3) is 3.37. The first-order chi connectivity index (χ1) is 11.1. The molecule has 2 aromatic heterocycles. The number of halogens is 1. The molecule has 23 heavy (non-hydrogen) atoms. The van der Waals surface area contributed by atoms with Gasteiger partial charge in [-0.15, -0.1) is 0 Å². The second-order valence-corrected chi connectivity index (χ2v) is 6.97. The summed E-state index contributed by atoms with van der Waals surface area (Å²) in [7, 11) is 0. The molecule has 0 amide bonds. The molecule has 1 N–H and O–H groups in total. The zero-order valence-electron chi connectivity index (χ0n) is 13.3. The summed E-state index contributed by atoms with van der Waals surface area (Å²) in [5, 5.41) is 0.708. The van der Waals surface area contributed by atoms with E-state index in [0.29, 0.717) is 15.8 Å².